The van der Waals surface area contributed by atoms with Crippen LogP contribution in [0.25, 0.3) is 0 Å². The Balaban J connectivity index is 1.73. The molecule has 1 aromatic carbocycles. The van der Waals surface area contributed by atoms with E-state index in [4.69, 9.17) is 0 Å². The smallest absolute Gasteiger partial charge is 0.272 e. The summed E-state index contributed by atoms with van der Waals surface area (Å²) < 4.78 is 0. The first-order valence-electron chi connectivity index (χ1n) is 8.31. The molecule has 23 heavy (non-hydrogen) atoms. The molecule has 1 aromatic heterocycles. The van der Waals surface area contributed by atoms with E-state index in [1.165, 1.54) is 18.4 Å². The molecule has 2 heterocycles. The third kappa shape index (κ3) is 4.09. The highest BCUT2D eigenvalue weighted by atomic mass is 16.2. The lowest BCUT2D eigenvalue weighted by Crippen LogP contribution is -2.32. The number of nitrogens with one attached hydrogen (secondary N) is 1. The molecule has 0 bridgehead atoms. The normalized spacial score (nSPS) is 15.1. The summed E-state index contributed by atoms with van der Waals surface area (Å²) in [7, 11) is 0. The van der Waals surface area contributed by atoms with Gasteiger partial charge in [-0.15, -0.1) is 0 Å². The number of carbonyl (C=O) groups excluding carboxylic acids is 1. The molecule has 1 aliphatic rings. The number of amides is 1. The Kier molecular flexibility index (Phi) is 4.91. The molecule has 1 amide bonds. The molecule has 120 valence electrons. The van der Waals surface area contributed by atoms with Crippen molar-refractivity contribution in [3.8, 4) is 0 Å². The Hall–Kier alpha value is -2.36. The van der Waals surface area contributed by atoms with E-state index in [0.717, 1.165) is 37.3 Å². The van der Waals surface area contributed by atoms with Gasteiger partial charge in [-0.25, -0.2) is 0 Å². The molecule has 0 spiro atoms. The number of hydrogen-bond acceptors (Lipinski definition) is 3. The van der Waals surface area contributed by atoms with E-state index in [9.17, 15) is 4.79 Å². The van der Waals surface area contributed by atoms with Gasteiger partial charge in [-0.1, -0.05) is 30.5 Å². The van der Waals surface area contributed by atoms with Crippen LogP contribution in [0.2, 0.25) is 0 Å². The van der Waals surface area contributed by atoms with Crippen LogP contribution in [-0.4, -0.2) is 28.9 Å². The van der Waals surface area contributed by atoms with Gasteiger partial charge in [0.2, 0.25) is 0 Å². The lowest BCUT2D eigenvalue weighted by Gasteiger charge is -2.20. The van der Waals surface area contributed by atoms with Gasteiger partial charge in [0.15, 0.2) is 0 Å². The van der Waals surface area contributed by atoms with Crippen LogP contribution in [0.3, 0.4) is 0 Å². The molecule has 0 aliphatic carbocycles. The van der Waals surface area contributed by atoms with E-state index in [-0.39, 0.29) is 5.91 Å². The maximum Gasteiger partial charge on any atom is 0.272 e. The standard InChI is InChI=1S/C19H23N3O/c1-15-6-8-16(9-7-15)21-17-10-11-20-18(14-17)19(23)22-12-4-2-3-5-13-22/h6-11,14H,2-5,12-13H2,1H3,(H,20,21). The molecule has 4 heteroatoms. The van der Waals surface area contributed by atoms with Crippen molar-refractivity contribution in [2.24, 2.45) is 0 Å². The number of anilines is 2. The Morgan fingerprint density at radius 1 is 1.00 bits per heavy atom. The maximum atomic E-state index is 12.6. The van der Waals surface area contributed by atoms with Crippen LogP contribution in [0.1, 0.15) is 41.7 Å². The van der Waals surface area contributed by atoms with Crippen molar-refractivity contribution in [1.29, 1.82) is 0 Å². The molecular formula is C19H23N3O. The van der Waals surface area contributed by atoms with Crippen LogP contribution in [0, 0.1) is 6.92 Å². The third-order valence-electron chi connectivity index (χ3n) is 4.21. The van der Waals surface area contributed by atoms with Gasteiger partial charge >= 0.3 is 0 Å². The SMILES string of the molecule is Cc1ccc(Nc2ccnc(C(=O)N3CCCCCC3)c2)cc1. The number of hydrogen-bond donors (Lipinski definition) is 1. The number of aromatic nitrogens is 1. The second kappa shape index (κ2) is 7.27. The van der Waals surface area contributed by atoms with Gasteiger partial charge in [-0.2, -0.15) is 0 Å². The summed E-state index contributed by atoms with van der Waals surface area (Å²) in [6, 6.07) is 11.9. The zero-order valence-corrected chi connectivity index (χ0v) is 13.6. The highest BCUT2D eigenvalue weighted by Crippen LogP contribution is 2.19. The first kappa shape index (κ1) is 15.5. The van der Waals surface area contributed by atoms with Crippen molar-refractivity contribution in [3.05, 3.63) is 53.9 Å². The second-order valence-corrected chi connectivity index (χ2v) is 6.13. The van der Waals surface area contributed by atoms with Crippen molar-refractivity contribution in [3.63, 3.8) is 0 Å². The van der Waals surface area contributed by atoms with Crippen LogP contribution in [0.15, 0.2) is 42.6 Å². The molecule has 1 N–H and O–H groups in total. The zero-order chi connectivity index (χ0) is 16.1. The van der Waals surface area contributed by atoms with Gasteiger partial charge < -0.3 is 10.2 Å². The summed E-state index contributed by atoms with van der Waals surface area (Å²) >= 11 is 0. The maximum absolute atomic E-state index is 12.6. The monoisotopic (exact) mass is 309 g/mol. The van der Waals surface area contributed by atoms with E-state index in [0.29, 0.717) is 5.69 Å². The Labute approximate surface area is 137 Å². The number of rotatable bonds is 3. The van der Waals surface area contributed by atoms with Gasteiger partial charge in [-0.3, -0.25) is 9.78 Å². The molecular weight excluding hydrogens is 286 g/mol. The molecule has 1 aliphatic heterocycles. The summed E-state index contributed by atoms with van der Waals surface area (Å²) in [6.07, 6.45) is 6.31. The first-order valence-corrected chi connectivity index (χ1v) is 8.31. The predicted molar refractivity (Wildman–Crippen MR) is 93.1 cm³/mol. The van der Waals surface area contributed by atoms with Crippen molar-refractivity contribution >= 4 is 17.3 Å². The number of likely N-dealkylation sites (tertiary alicyclic amines) is 1. The highest BCUT2D eigenvalue weighted by molar-refractivity contribution is 5.93. The van der Waals surface area contributed by atoms with Crippen molar-refractivity contribution in [2.45, 2.75) is 32.6 Å². The molecule has 2 aromatic rings. The van der Waals surface area contributed by atoms with Crippen LogP contribution < -0.4 is 5.32 Å². The minimum atomic E-state index is 0.0412. The third-order valence-corrected chi connectivity index (χ3v) is 4.21. The zero-order valence-electron chi connectivity index (χ0n) is 13.6. The van der Waals surface area contributed by atoms with Crippen LogP contribution in [0.4, 0.5) is 11.4 Å². The van der Waals surface area contributed by atoms with Crippen molar-refractivity contribution in [2.75, 3.05) is 18.4 Å². The van der Waals surface area contributed by atoms with E-state index in [2.05, 4.69) is 29.4 Å². The number of benzene rings is 1. The fourth-order valence-corrected chi connectivity index (χ4v) is 2.86. The van der Waals surface area contributed by atoms with Crippen LogP contribution in [0.5, 0.6) is 0 Å². The van der Waals surface area contributed by atoms with Crippen LogP contribution >= 0.6 is 0 Å². The average molecular weight is 309 g/mol. The predicted octanol–water partition coefficient (Wildman–Crippen LogP) is 4.15. The van der Waals surface area contributed by atoms with Crippen LogP contribution in [-0.2, 0) is 0 Å². The van der Waals surface area contributed by atoms with E-state index in [1.54, 1.807) is 6.20 Å². The Morgan fingerprint density at radius 2 is 1.70 bits per heavy atom. The summed E-state index contributed by atoms with van der Waals surface area (Å²) in [5.74, 6) is 0.0412. The minimum Gasteiger partial charge on any atom is -0.355 e. The molecule has 3 rings (SSSR count). The van der Waals surface area contributed by atoms with Gasteiger partial charge in [0, 0.05) is 30.7 Å². The van der Waals surface area contributed by atoms with E-state index < -0.39 is 0 Å². The topological polar surface area (TPSA) is 45.2 Å². The number of carbonyl (C=O) groups is 1. The lowest BCUT2D eigenvalue weighted by atomic mass is 10.2. The summed E-state index contributed by atoms with van der Waals surface area (Å²) in [5, 5.41) is 3.33. The largest absolute Gasteiger partial charge is 0.355 e. The highest BCUT2D eigenvalue weighted by Gasteiger charge is 2.18. The van der Waals surface area contributed by atoms with Crippen molar-refractivity contribution in [1.82, 2.24) is 9.88 Å². The minimum absolute atomic E-state index is 0.0412. The number of aryl methyl sites for hydroxylation is 1. The van der Waals surface area contributed by atoms with E-state index in [1.807, 2.05) is 29.2 Å². The molecule has 4 nitrogen and oxygen atoms in total. The number of pyridine rings is 1. The summed E-state index contributed by atoms with van der Waals surface area (Å²) in [4.78, 5) is 18.8. The van der Waals surface area contributed by atoms with Gasteiger partial charge in [0.1, 0.15) is 5.69 Å². The van der Waals surface area contributed by atoms with Gasteiger partial charge in [-0.05, 0) is 44.0 Å². The van der Waals surface area contributed by atoms with Gasteiger partial charge in [0.25, 0.3) is 5.91 Å². The molecule has 0 atom stereocenters. The summed E-state index contributed by atoms with van der Waals surface area (Å²) in [6.45, 7) is 3.75. The molecule has 0 radical (unpaired) electrons. The molecule has 1 saturated heterocycles. The molecule has 0 saturated carbocycles. The Bertz CT molecular complexity index is 659. The Morgan fingerprint density at radius 3 is 2.39 bits per heavy atom. The molecule has 0 unspecified atom stereocenters. The van der Waals surface area contributed by atoms with Crippen molar-refractivity contribution < 1.29 is 4.79 Å². The van der Waals surface area contributed by atoms with Gasteiger partial charge in [0.05, 0.1) is 0 Å². The average Bonchev–Trinajstić information content (AvgIpc) is 2.86. The first-order chi connectivity index (χ1) is 11.2. The summed E-state index contributed by atoms with van der Waals surface area (Å²) in [5.41, 5.74) is 3.64. The molecule has 1 fully saturated rings. The fourth-order valence-electron chi connectivity index (χ4n) is 2.86. The number of nitrogens with zero attached hydrogens (tertiary/aromatic N) is 2. The quantitative estimate of drug-likeness (QED) is 0.926. The lowest BCUT2D eigenvalue weighted by molar-refractivity contribution is 0.0756. The fraction of sp³-hybridized carbons (Fsp3) is 0.368. The second-order valence-electron chi connectivity index (χ2n) is 6.13. The van der Waals surface area contributed by atoms with E-state index >= 15 is 0 Å².